The largest absolute Gasteiger partial charge is 0.491 e. The molecule has 0 aliphatic heterocycles. The number of hydrogen-bond donors (Lipinski definition) is 1. The quantitative estimate of drug-likeness (QED) is 0.870. The van der Waals surface area contributed by atoms with E-state index < -0.39 is 15.9 Å². The number of rotatable bonds is 5. The van der Waals surface area contributed by atoms with Gasteiger partial charge in [-0.3, -0.25) is 0 Å². The summed E-state index contributed by atoms with van der Waals surface area (Å²) < 4.78 is 27.8. The van der Waals surface area contributed by atoms with Crippen molar-refractivity contribution in [3.63, 3.8) is 0 Å². The molecule has 1 rings (SSSR count). The van der Waals surface area contributed by atoms with Crippen molar-refractivity contribution in [3.8, 4) is 5.75 Å². The van der Waals surface area contributed by atoms with Gasteiger partial charge in [-0.1, -0.05) is 18.2 Å². The van der Waals surface area contributed by atoms with Crippen molar-refractivity contribution >= 4 is 9.84 Å². The molecule has 5 heteroatoms. The third kappa shape index (κ3) is 4.75. The summed E-state index contributed by atoms with van der Waals surface area (Å²) in [5.74, 6) is 0.226. The summed E-state index contributed by atoms with van der Waals surface area (Å²) in [6, 6.07) is 6.93. The summed E-state index contributed by atoms with van der Waals surface area (Å²) in [6.45, 7) is 3.75. The highest BCUT2D eigenvalue weighted by Gasteiger charge is 2.18. The lowest BCUT2D eigenvalue weighted by molar-refractivity contribution is 0.185. The SMILES string of the molecule is CC(C)Oc1ccccc1C(O)CS(C)(=O)=O. The molecule has 0 amide bonds. The minimum Gasteiger partial charge on any atom is -0.491 e. The Morgan fingerprint density at radius 2 is 1.88 bits per heavy atom. The zero-order chi connectivity index (χ0) is 13.1. The van der Waals surface area contributed by atoms with Crippen molar-refractivity contribution in [3.05, 3.63) is 29.8 Å². The first-order chi connectivity index (χ1) is 7.79. The first-order valence-corrected chi connectivity index (χ1v) is 7.47. The fraction of sp³-hybridized carbons (Fsp3) is 0.500. The Morgan fingerprint density at radius 1 is 1.29 bits per heavy atom. The first kappa shape index (κ1) is 14.0. The maximum atomic E-state index is 11.1. The van der Waals surface area contributed by atoms with Crippen LogP contribution < -0.4 is 4.74 Å². The zero-order valence-electron chi connectivity index (χ0n) is 10.3. The molecule has 1 unspecified atom stereocenters. The Morgan fingerprint density at radius 3 is 2.41 bits per heavy atom. The number of hydrogen-bond acceptors (Lipinski definition) is 4. The summed E-state index contributed by atoms with van der Waals surface area (Å²) in [7, 11) is -3.22. The van der Waals surface area contributed by atoms with Crippen LogP contribution in [0.15, 0.2) is 24.3 Å². The number of para-hydroxylation sites is 1. The van der Waals surface area contributed by atoms with Crippen molar-refractivity contribution in [1.82, 2.24) is 0 Å². The summed E-state index contributed by atoms with van der Waals surface area (Å²) in [4.78, 5) is 0. The smallest absolute Gasteiger partial charge is 0.150 e. The molecule has 1 aromatic rings. The molecule has 0 aliphatic carbocycles. The molecule has 1 N–H and O–H groups in total. The number of aliphatic hydroxyl groups is 1. The van der Waals surface area contributed by atoms with E-state index in [4.69, 9.17) is 4.74 Å². The summed E-state index contributed by atoms with van der Waals surface area (Å²) >= 11 is 0. The molecule has 0 saturated heterocycles. The topological polar surface area (TPSA) is 63.6 Å². The van der Waals surface area contributed by atoms with Gasteiger partial charge in [-0.25, -0.2) is 8.42 Å². The lowest BCUT2D eigenvalue weighted by atomic mass is 10.1. The Bertz CT molecular complexity index is 465. The molecule has 96 valence electrons. The molecule has 0 heterocycles. The molecule has 0 spiro atoms. The van der Waals surface area contributed by atoms with E-state index in [1.165, 1.54) is 0 Å². The zero-order valence-corrected chi connectivity index (χ0v) is 11.1. The Balaban J connectivity index is 2.96. The molecule has 0 bridgehead atoms. The molecule has 0 aliphatic rings. The van der Waals surface area contributed by atoms with E-state index in [1.54, 1.807) is 24.3 Å². The molecule has 1 aromatic carbocycles. The highest BCUT2D eigenvalue weighted by molar-refractivity contribution is 7.90. The molecular weight excluding hydrogens is 240 g/mol. The number of benzene rings is 1. The van der Waals surface area contributed by atoms with Crippen LogP contribution in [-0.4, -0.2) is 31.6 Å². The van der Waals surface area contributed by atoms with E-state index in [0.717, 1.165) is 6.26 Å². The summed E-state index contributed by atoms with van der Waals surface area (Å²) in [6.07, 6.45) is 0.0174. The first-order valence-electron chi connectivity index (χ1n) is 5.41. The van der Waals surface area contributed by atoms with Gasteiger partial charge in [-0.15, -0.1) is 0 Å². The molecule has 0 radical (unpaired) electrons. The van der Waals surface area contributed by atoms with Crippen LogP contribution >= 0.6 is 0 Å². The van der Waals surface area contributed by atoms with Gasteiger partial charge in [0.05, 0.1) is 18.0 Å². The lowest BCUT2D eigenvalue weighted by Gasteiger charge is -2.17. The van der Waals surface area contributed by atoms with Gasteiger partial charge in [0, 0.05) is 11.8 Å². The summed E-state index contributed by atoms with van der Waals surface area (Å²) in [5, 5.41) is 9.89. The molecule has 0 saturated carbocycles. The van der Waals surface area contributed by atoms with Crippen molar-refractivity contribution < 1.29 is 18.3 Å². The predicted octanol–water partition coefficient (Wildman–Crippen LogP) is 1.55. The van der Waals surface area contributed by atoms with E-state index in [2.05, 4.69) is 0 Å². The van der Waals surface area contributed by atoms with Crippen LogP contribution in [-0.2, 0) is 9.84 Å². The van der Waals surface area contributed by atoms with Crippen LogP contribution in [0.5, 0.6) is 5.75 Å². The lowest BCUT2D eigenvalue weighted by Crippen LogP contribution is -2.15. The highest BCUT2D eigenvalue weighted by atomic mass is 32.2. The summed E-state index contributed by atoms with van der Waals surface area (Å²) in [5.41, 5.74) is 0.506. The number of ether oxygens (including phenoxy) is 1. The van der Waals surface area contributed by atoms with Crippen LogP contribution in [0.2, 0.25) is 0 Å². The van der Waals surface area contributed by atoms with Crippen LogP contribution in [0.3, 0.4) is 0 Å². The maximum Gasteiger partial charge on any atom is 0.150 e. The van der Waals surface area contributed by atoms with Crippen molar-refractivity contribution in [2.75, 3.05) is 12.0 Å². The third-order valence-electron chi connectivity index (χ3n) is 2.10. The average molecular weight is 258 g/mol. The van der Waals surface area contributed by atoms with Gasteiger partial charge in [0.1, 0.15) is 15.6 Å². The second-order valence-corrected chi connectivity index (χ2v) is 6.50. The maximum absolute atomic E-state index is 11.1. The van der Waals surface area contributed by atoms with Gasteiger partial charge >= 0.3 is 0 Å². The molecule has 17 heavy (non-hydrogen) atoms. The highest BCUT2D eigenvalue weighted by Crippen LogP contribution is 2.26. The average Bonchev–Trinajstić information content (AvgIpc) is 2.14. The minimum absolute atomic E-state index is 0.0263. The standard InChI is InChI=1S/C12H18O4S/c1-9(2)16-12-7-5-4-6-10(12)11(13)8-17(3,14)15/h4-7,9,11,13H,8H2,1-3H3. The van der Waals surface area contributed by atoms with E-state index in [9.17, 15) is 13.5 Å². The van der Waals surface area contributed by atoms with Crippen LogP contribution in [0, 0.1) is 0 Å². The van der Waals surface area contributed by atoms with Gasteiger partial charge in [-0.2, -0.15) is 0 Å². The van der Waals surface area contributed by atoms with Crippen molar-refractivity contribution in [2.24, 2.45) is 0 Å². The van der Waals surface area contributed by atoms with Gasteiger partial charge in [0.25, 0.3) is 0 Å². The molecule has 1 atom stereocenters. The Kier molecular flexibility index (Phi) is 4.54. The van der Waals surface area contributed by atoms with E-state index in [0.29, 0.717) is 11.3 Å². The van der Waals surface area contributed by atoms with E-state index in [1.807, 2.05) is 13.8 Å². The molecule has 0 aromatic heterocycles. The number of sulfone groups is 1. The number of aliphatic hydroxyl groups excluding tert-OH is 1. The molecular formula is C12H18O4S. The third-order valence-corrected chi connectivity index (χ3v) is 3.02. The van der Waals surface area contributed by atoms with Gasteiger partial charge in [0.2, 0.25) is 0 Å². The van der Waals surface area contributed by atoms with Gasteiger partial charge in [0.15, 0.2) is 0 Å². The predicted molar refractivity (Wildman–Crippen MR) is 66.9 cm³/mol. The van der Waals surface area contributed by atoms with Crippen molar-refractivity contribution in [1.29, 1.82) is 0 Å². The fourth-order valence-electron chi connectivity index (χ4n) is 1.49. The van der Waals surface area contributed by atoms with Gasteiger partial charge in [-0.05, 0) is 19.9 Å². The monoisotopic (exact) mass is 258 g/mol. The van der Waals surface area contributed by atoms with E-state index >= 15 is 0 Å². The Labute approximate surface area is 102 Å². The molecule has 0 fully saturated rings. The normalized spacial score (nSPS) is 13.7. The van der Waals surface area contributed by atoms with Crippen molar-refractivity contribution in [2.45, 2.75) is 26.1 Å². The van der Waals surface area contributed by atoms with Crippen LogP contribution in [0.25, 0.3) is 0 Å². The Hall–Kier alpha value is -1.07. The fourth-order valence-corrected chi connectivity index (χ4v) is 2.25. The van der Waals surface area contributed by atoms with Gasteiger partial charge < -0.3 is 9.84 Å². The second kappa shape index (κ2) is 5.51. The van der Waals surface area contributed by atoms with Crippen LogP contribution in [0.1, 0.15) is 25.5 Å². The van der Waals surface area contributed by atoms with E-state index in [-0.39, 0.29) is 11.9 Å². The second-order valence-electron chi connectivity index (χ2n) is 4.31. The van der Waals surface area contributed by atoms with Crippen LogP contribution in [0.4, 0.5) is 0 Å². The minimum atomic E-state index is -3.22. The molecule has 4 nitrogen and oxygen atoms in total.